The molecular formula is C17H17N5O2S. The van der Waals surface area contributed by atoms with Crippen molar-refractivity contribution in [2.24, 2.45) is 0 Å². The van der Waals surface area contributed by atoms with E-state index in [0.29, 0.717) is 21.9 Å². The monoisotopic (exact) mass is 355 g/mol. The molecule has 8 heteroatoms. The number of hydrogen-bond acceptors (Lipinski definition) is 5. The van der Waals surface area contributed by atoms with E-state index >= 15 is 0 Å². The maximum absolute atomic E-state index is 12.6. The number of hydrogen-bond donors (Lipinski definition) is 2. The summed E-state index contributed by atoms with van der Waals surface area (Å²) in [6.07, 6.45) is 1.71. The number of fused-ring (bicyclic) bond motifs is 2. The SMILES string of the molecule is Cc1ccc(NC(=O)CC2CSc3nc4[nH]ncc4c(=O)n32)cc1C. The molecule has 2 N–H and O–H groups in total. The van der Waals surface area contributed by atoms with Crippen molar-refractivity contribution in [2.45, 2.75) is 31.5 Å². The van der Waals surface area contributed by atoms with Crippen LogP contribution in [-0.2, 0) is 4.79 Å². The summed E-state index contributed by atoms with van der Waals surface area (Å²) in [5.41, 5.74) is 3.42. The molecule has 1 aromatic carbocycles. The molecule has 1 unspecified atom stereocenters. The predicted octanol–water partition coefficient (Wildman–Crippen LogP) is 2.41. The van der Waals surface area contributed by atoms with Gasteiger partial charge in [0.1, 0.15) is 5.39 Å². The first-order valence-electron chi connectivity index (χ1n) is 7.98. The van der Waals surface area contributed by atoms with Crippen LogP contribution < -0.4 is 10.9 Å². The first-order valence-corrected chi connectivity index (χ1v) is 8.97. The lowest BCUT2D eigenvalue weighted by Crippen LogP contribution is -2.27. The molecule has 2 aromatic heterocycles. The summed E-state index contributed by atoms with van der Waals surface area (Å²) >= 11 is 1.49. The van der Waals surface area contributed by atoms with Crippen LogP contribution in [0.25, 0.3) is 11.0 Å². The van der Waals surface area contributed by atoms with Gasteiger partial charge in [-0.05, 0) is 37.1 Å². The van der Waals surface area contributed by atoms with Crippen LogP contribution in [0.4, 0.5) is 5.69 Å². The molecule has 3 heterocycles. The number of nitrogens with one attached hydrogen (secondary N) is 2. The molecule has 0 fully saturated rings. The molecule has 4 rings (SSSR count). The molecule has 7 nitrogen and oxygen atoms in total. The Hall–Kier alpha value is -2.61. The topological polar surface area (TPSA) is 92.7 Å². The highest BCUT2D eigenvalue weighted by Gasteiger charge is 2.28. The highest BCUT2D eigenvalue weighted by Crippen LogP contribution is 2.33. The van der Waals surface area contributed by atoms with Gasteiger partial charge >= 0.3 is 0 Å². The molecule has 1 atom stereocenters. The molecule has 1 aliphatic heterocycles. The molecule has 1 aliphatic rings. The zero-order valence-corrected chi connectivity index (χ0v) is 14.7. The quantitative estimate of drug-likeness (QED) is 0.704. The van der Waals surface area contributed by atoms with Crippen molar-refractivity contribution in [3.8, 4) is 0 Å². The minimum atomic E-state index is -0.203. The lowest BCUT2D eigenvalue weighted by molar-refractivity contribution is -0.116. The third kappa shape index (κ3) is 2.82. The van der Waals surface area contributed by atoms with Crippen LogP contribution in [0.2, 0.25) is 0 Å². The van der Waals surface area contributed by atoms with Gasteiger partial charge in [0, 0.05) is 17.9 Å². The minimum absolute atomic E-state index is 0.110. The molecular weight excluding hydrogens is 338 g/mol. The van der Waals surface area contributed by atoms with E-state index in [1.165, 1.54) is 23.5 Å². The lowest BCUT2D eigenvalue weighted by Gasteiger charge is -2.13. The van der Waals surface area contributed by atoms with Gasteiger partial charge in [0.2, 0.25) is 5.91 Å². The number of carbonyl (C=O) groups excluding carboxylic acids is 1. The Morgan fingerprint density at radius 3 is 3.04 bits per heavy atom. The first kappa shape index (κ1) is 15.9. The highest BCUT2D eigenvalue weighted by atomic mass is 32.2. The Labute approximate surface area is 147 Å². The van der Waals surface area contributed by atoms with E-state index in [1.54, 1.807) is 4.57 Å². The average Bonchev–Trinajstić information content (AvgIpc) is 3.19. The number of nitrogens with zero attached hydrogens (tertiary/aromatic N) is 3. The molecule has 0 saturated carbocycles. The molecule has 128 valence electrons. The van der Waals surface area contributed by atoms with Crippen LogP contribution in [0, 0.1) is 13.8 Å². The minimum Gasteiger partial charge on any atom is -0.326 e. The summed E-state index contributed by atoms with van der Waals surface area (Å²) in [5.74, 6) is 0.545. The van der Waals surface area contributed by atoms with Gasteiger partial charge in [0.15, 0.2) is 10.8 Å². The van der Waals surface area contributed by atoms with Crippen molar-refractivity contribution >= 4 is 34.4 Å². The van der Waals surface area contributed by atoms with Crippen molar-refractivity contribution in [1.82, 2.24) is 19.7 Å². The molecule has 0 saturated heterocycles. The summed E-state index contributed by atoms with van der Waals surface area (Å²) in [6, 6.07) is 5.62. The van der Waals surface area contributed by atoms with E-state index in [0.717, 1.165) is 11.3 Å². The molecule has 0 bridgehead atoms. The smallest absolute Gasteiger partial charge is 0.265 e. The summed E-state index contributed by atoms with van der Waals surface area (Å²) in [5, 5.41) is 10.6. The van der Waals surface area contributed by atoms with Crippen molar-refractivity contribution in [2.75, 3.05) is 11.1 Å². The normalized spacial score (nSPS) is 16.2. The second kappa shape index (κ2) is 6.03. The predicted molar refractivity (Wildman–Crippen MR) is 97.1 cm³/mol. The van der Waals surface area contributed by atoms with Crippen molar-refractivity contribution in [1.29, 1.82) is 0 Å². The van der Waals surface area contributed by atoms with E-state index in [2.05, 4.69) is 20.5 Å². The van der Waals surface area contributed by atoms with E-state index in [1.807, 2.05) is 32.0 Å². The number of H-pyrrole nitrogens is 1. The van der Waals surface area contributed by atoms with Crippen LogP contribution in [0.15, 0.2) is 34.3 Å². The van der Waals surface area contributed by atoms with Crippen LogP contribution in [-0.4, -0.2) is 31.4 Å². The van der Waals surface area contributed by atoms with Gasteiger partial charge in [0.25, 0.3) is 5.56 Å². The number of aromatic nitrogens is 4. The van der Waals surface area contributed by atoms with Gasteiger partial charge < -0.3 is 5.32 Å². The van der Waals surface area contributed by atoms with E-state index in [-0.39, 0.29) is 23.9 Å². The van der Waals surface area contributed by atoms with Crippen LogP contribution in [0.3, 0.4) is 0 Å². The second-order valence-electron chi connectivity index (χ2n) is 6.22. The highest BCUT2D eigenvalue weighted by molar-refractivity contribution is 7.99. The van der Waals surface area contributed by atoms with Crippen molar-refractivity contribution in [3.63, 3.8) is 0 Å². The molecule has 0 spiro atoms. The van der Waals surface area contributed by atoms with E-state index in [9.17, 15) is 9.59 Å². The maximum atomic E-state index is 12.6. The second-order valence-corrected chi connectivity index (χ2v) is 7.21. The van der Waals surface area contributed by atoms with Gasteiger partial charge in [-0.3, -0.25) is 19.3 Å². The standard InChI is InChI=1S/C17H17N5O2S/c1-9-3-4-11(5-10(9)2)19-14(23)6-12-8-25-17-20-15-13(7-18-21-15)16(24)22(12)17/h3-5,7,12H,6,8H2,1-2H3,(H,18,21)(H,19,23). The van der Waals surface area contributed by atoms with E-state index in [4.69, 9.17) is 0 Å². The van der Waals surface area contributed by atoms with Gasteiger partial charge in [-0.15, -0.1) is 0 Å². The molecule has 0 aliphatic carbocycles. The van der Waals surface area contributed by atoms with Crippen LogP contribution in [0.5, 0.6) is 0 Å². The Morgan fingerprint density at radius 1 is 1.40 bits per heavy atom. The van der Waals surface area contributed by atoms with Crippen molar-refractivity contribution in [3.05, 3.63) is 45.9 Å². The summed E-state index contributed by atoms with van der Waals surface area (Å²) in [7, 11) is 0. The van der Waals surface area contributed by atoms with Crippen LogP contribution >= 0.6 is 11.8 Å². The number of aryl methyl sites for hydroxylation is 2. The number of thioether (sulfide) groups is 1. The zero-order valence-electron chi connectivity index (χ0n) is 13.9. The van der Waals surface area contributed by atoms with E-state index < -0.39 is 0 Å². The lowest BCUT2D eigenvalue weighted by atomic mass is 10.1. The largest absolute Gasteiger partial charge is 0.326 e. The van der Waals surface area contributed by atoms with Crippen LogP contribution in [0.1, 0.15) is 23.6 Å². The first-order chi connectivity index (χ1) is 12.0. The number of benzene rings is 1. The Bertz CT molecular complexity index is 1040. The zero-order chi connectivity index (χ0) is 17.6. The third-order valence-corrected chi connectivity index (χ3v) is 5.56. The van der Waals surface area contributed by atoms with Crippen molar-refractivity contribution < 1.29 is 4.79 Å². The molecule has 3 aromatic rings. The fourth-order valence-electron chi connectivity index (χ4n) is 2.95. The fourth-order valence-corrected chi connectivity index (χ4v) is 4.09. The average molecular weight is 355 g/mol. The number of carbonyl (C=O) groups is 1. The Morgan fingerprint density at radius 2 is 2.24 bits per heavy atom. The molecule has 0 radical (unpaired) electrons. The maximum Gasteiger partial charge on any atom is 0.265 e. The number of rotatable bonds is 3. The van der Waals surface area contributed by atoms with Gasteiger partial charge in [-0.2, -0.15) is 5.10 Å². The summed E-state index contributed by atoms with van der Waals surface area (Å²) in [6.45, 7) is 4.04. The molecule has 25 heavy (non-hydrogen) atoms. The number of anilines is 1. The third-order valence-electron chi connectivity index (χ3n) is 4.46. The van der Waals surface area contributed by atoms with Gasteiger partial charge in [-0.1, -0.05) is 17.8 Å². The Kier molecular flexibility index (Phi) is 3.84. The Balaban J connectivity index is 1.56. The summed E-state index contributed by atoms with van der Waals surface area (Å²) in [4.78, 5) is 29.5. The number of aromatic amines is 1. The van der Waals surface area contributed by atoms with Gasteiger partial charge in [0.05, 0.1) is 12.2 Å². The number of amides is 1. The summed E-state index contributed by atoms with van der Waals surface area (Å²) < 4.78 is 1.61. The fraction of sp³-hybridized carbons (Fsp3) is 0.294. The van der Waals surface area contributed by atoms with Gasteiger partial charge in [-0.25, -0.2) is 4.98 Å². The molecule has 1 amide bonds.